The molecule has 8 heteroatoms. The summed E-state index contributed by atoms with van der Waals surface area (Å²) in [5.41, 5.74) is 1.55. The van der Waals surface area contributed by atoms with Crippen molar-refractivity contribution in [2.45, 2.75) is 13.8 Å². The number of esters is 1. The van der Waals surface area contributed by atoms with Crippen LogP contribution in [0, 0.1) is 6.92 Å². The third kappa shape index (κ3) is 6.03. The Kier molecular flexibility index (Phi) is 7.25. The first-order valence-electron chi connectivity index (χ1n) is 8.72. The molecule has 1 heterocycles. The van der Waals surface area contributed by atoms with Crippen LogP contribution in [0.1, 0.15) is 33.5 Å². The average molecular weight is 371 g/mol. The largest absolute Gasteiger partial charge is 0.462 e. The van der Waals surface area contributed by atoms with E-state index in [0.29, 0.717) is 29.4 Å². The van der Waals surface area contributed by atoms with E-state index in [1.165, 1.54) is 0 Å². The first-order valence-corrected chi connectivity index (χ1v) is 8.72. The Labute approximate surface area is 159 Å². The van der Waals surface area contributed by atoms with Gasteiger partial charge < -0.3 is 20.3 Å². The number of amides is 1. The van der Waals surface area contributed by atoms with Gasteiger partial charge in [-0.25, -0.2) is 14.8 Å². The number of hydrogen-bond donors (Lipinski definition) is 2. The van der Waals surface area contributed by atoms with Gasteiger partial charge >= 0.3 is 5.97 Å². The fourth-order valence-electron chi connectivity index (χ4n) is 2.32. The van der Waals surface area contributed by atoms with Crippen molar-refractivity contribution < 1.29 is 14.3 Å². The number of nitrogens with zero attached hydrogens (tertiary/aromatic N) is 3. The van der Waals surface area contributed by atoms with E-state index >= 15 is 0 Å². The molecule has 144 valence electrons. The molecule has 0 unspecified atom stereocenters. The first kappa shape index (κ1) is 20.3. The fraction of sp³-hybridized carbons (Fsp3) is 0.368. The van der Waals surface area contributed by atoms with Gasteiger partial charge in [0.05, 0.1) is 17.9 Å². The number of nitrogens with one attached hydrogen (secondary N) is 2. The van der Waals surface area contributed by atoms with Crippen LogP contribution < -0.4 is 10.6 Å². The summed E-state index contributed by atoms with van der Waals surface area (Å²) < 4.78 is 5.03. The second-order valence-corrected chi connectivity index (χ2v) is 6.17. The number of benzene rings is 1. The highest BCUT2D eigenvalue weighted by Gasteiger charge is 2.16. The molecular weight excluding hydrogens is 346 g/mol. The summed E-state index contributed by atoms with van der Waals surface area (Å²) >= 11 is 0. The van der Waals surface area contributed by atoms with Crippen LogP contribution in [0.5, 0.6) is 0 Å². The van der Waals surface area contributed by atoms with E-state index in [4.69, 9.17) is 4.74 Å². The highest BCUT2D eigenvalue weighted by molar-refractivity contribution is 6.07. The van der Waals surface area contributed by atoms with E-state index in [-0.39, 0.29) is 12.3 Å². The van der Waals surface area contributed by atoms with Crippen molar-refractivity contribution in [3.8, 4) is 0 Å². The van der Waals surface area contributed by atoms with Gasteiger partial charge in [-0.15, -0.1) is 0 Å². The van der Waals surface area contributed by atoms with Crippen LogP contribution in [-0.4, -0.2) is 60.5 Å². The maximum absolute atomic E-state index is 12.6. The minimum Gasteiger partial charge on any atom is -0.462 e. The number of para-hydroxylation sites is 1. The van der Waals surface area contributed by atoms with Gasteiger partial charge in [-0.2, -0.15) is 0 Å². The maximum Gasteiger partial charge on any atom is 0.340 e. The van der Waals surface area contributed by atoms with Crippen molar-refractivity contribution in [3.05, 3.63) is 47.3 Å². The maximum atomic E-state index is 12.6. The van der Waals surface area contributed by atoms with Gasteiger partial charge in [-0.05, 0) is 46.1 Å². The van der Waals surface area contributed by atoms with Crippen LogP contribution in [0.25, 0.3) is 0 Å². The molecule has 0 saturated carbocycles. The molecule has 0 aliphatic heterocycles. The Morgan fingerprint density at radius 3 is 2.63 bits per heavy atom. The Morgan fingerprint density at radius 2 is 1.93 bits per heavy atom. The molecule has 0 bridgehead atoms. The molecule has 1 amide bonds. The summed E-state index contributed by atoms with van der Waals surface area (Å²) in [5, 5.41) is 5.83. The van der Waals surface area contributed by atoms with Crippen molar-refractivity contribution in [2.24, 2.45) is 0 Å². The van der Waals surface area contributed by atoms with Crippen LogP contribution in [0.3, 0.4) is 0 Å². The third-order valence-corrected chi connectivity index (χ3v) is 3.60. The molecule has 2 N–H and O–H groups in total. The van der Waals surface area contributed by atoms with E-state index in [2.05, 4.69) is 20.6 Å². The molecule has 27 heavy (non-hydrogen) atoms. The standard InChI is InChI=1S/C19H25N5O3/c1-5-27-18(26)14-8-6-7-9-15(14)22-17(25)16-12-13(2)21-19(23-16)20-10-11-24(3)4/h6-9,12H,5,10-11H2,1-4H3,(H,22,25)(H,20,21,23). The van der Waals surface area contributed by atoms with E-state index in [9.17, 15) is 9.59 Å². The van der Waals surface area contributed by atoms with Gasteiger partial charge in [0, 0.05) is 18.8 Å². The molecule has 0 aliphatic rings. The first-order chi connectivity index (χ1) is 12.9. The lowest BCUT2D eigenvalue weighted by molar-refractivity contribution is 0.0527. The average Bonchev–Trinajstić information content (AvgIpc) is 2.61. The van der Waals surface area contributed by atoms with Crippen molar-refractivity contribution in [3.63, 3.8) is 0 Å². The van der Waals surface area contributed by atoms with Crippen LogP contribution >= 0.6 is 0 Å². The summed E-state index contributed by atoms with van der Waals surface area (Å²) in [5.74, 6) is -0.521. The van der Waals surface area contributed by atoms with E-state index in [0.717, 1.165) is 6.54 Å². The molecule has 1 aromatic carbocycles. The quantitative estimate of drug-likeness (QED) is 0.687. The number of rotatable bonds is 8. The minimum atomic E-state index is -0.488. The summed E-state index contributed by atoms with van der Waals surface area (Å²) in [4.78, 5) is 35.3. The Hall–Kier alpha value is -3.00. The van der Waals surface area contributed by atoms with Crippen molar-refractivity contribution in [2.75, 3.05) is 44.4 Å². The molecular formula is C19H25N5O3. The van der Waals surface area contributed by atoms with Crippen LogP contribution in [-0.2, 0) is 4.74 Å². The minimum absolute atomic E-state index is 0.216. The lowest BCUT2D eigenvalue weighted by Gasteiger charge is -2.12. The number of anilines is 2. The Morgan fingerprint density at radius 1 is 1.19 bits per heavy atom. The number of aromatic nitrogens is 2. The number of likely N-dealkylation sites (N-methyl/N-ethyl adjacent to an activating group) is 1. The zero-order valence-electron chi connectivity index (χ0n) is 16.1. The molecule has 8 nitrogen and oxygen atoms in total. The molecule has 2 aromatic rings. The normalized spacial score (nSPS) is 10.6. The van der Waals surface area contributed by atoms with Crippen LogP contribution in [0.4, 0.5) is 11.6 Å². The smallest absolute Gasteiger partial charge is 0.340 e. The van der Waals surface area contributed by atoms with Gasteiger partial charge in [0.15, 0.2) is 0 Å². The zero-order chi connectivity index (χ0) is 19.8. The van der Waals surface area contributed by atoms with E-state index in [1.54, 1.807) is 44.2 Å². The van der Waals surface area contributed by atoms with Gasteiger partial charge in [0.25, 0.3) is 5.91 Å². The number of ether oxygens (including phenoxy) is 1. The second kappa shape index (κ2) is 9.63. The number of carbonyl (C=O) groups excluding carboxylic acids is 2. The molecule has 0 radical (unpaired) electrons. The highest BCUT2D eigenvalue weighted by Crippen LogP contribution is 2.17. The van der Waals surface area contributed by atoms with Gasteiger partial charge in [-0.3, -0.25) is 4.79 Å². The number of hydrogen-bond acceptors (Lipinski definition) is 7. The predicted octanol–water partition coefficient (Wildman–Crippen LogP) is 2.19. The molecule has 0 aliphatic carbocycles. The summed E-state index contributed by atoms with van der Waals surface area (Å²) in [6, 6.07) is 8.29. The van der Waals surface area contributed by atoms with Gasteiger partial charge in [0.2, 0.25) is 5.95 Å². The summed E-state index contributed by atoms with van der Waals surface area (Å²) in [7, 11) is 3.94. The molecule has 0 fully saturated rings. The molecule has 0 atom stereocenters. The molecule has 0 saturated heterocycles. The predicted molar refractivity (Wildman–Crippen MR) is 104 cm³/mol. The summed E-state index contributed by atoms with van der Waals surface area (Å²) in [6.07, 6.45) is 0. The van der Waals surface area contributed by atoms with Crippen LogP contribution in [0.15, 0.2) is 30.3 Å². The molecule has 2 rings (SSSR count). The van der Waals surface area contributed by atoms with Crippen LogP contribution in [0.2, 0.25) is 0 Å². The van der Waals surface area contributed by atoms with Gasteiger partial charge in [-0.1, -0.05) is 12.1 Å². The Bertz CT molecular complexity index is 808. The lowest BCUT2D eigenvalue weighted by atomic mass is 10.1. The molecule has 1 aromatic heterocycles. The number of carbonyl (C=O) groups is 2. The SMILES string of the molecule is CCOC(=O)c1ccccc1NC(=O)c1cc(C)nc(NCCN(C)C)n1. The van der Waals surface area contributed by atoms with Crippen molar-refractivity contribution in [1.82, 2.24) is 14.9 Å². The third-order valence-electron chi connectivity index (χ3n) is 3.60. The lowest BCUT2D eigenvalue weighted by Crippen LogP contribution is -2.22. The zero-order valence-corrected chi connectivity index (χ0v) is 16.1. The second-order valence-electron chi connectivity index (χ2n) is 6.17. The van der Waals surface area contributed by atoms with E-state index < -0.39 is 11.9 Å². The van der Waals surface area contributed by atoms with Crippen molar-refractivity contribution in [1.29, 1.82) is 0 Å². The molecule has 0 spiro atoms. The summed E-state index contributed by atoms with van der Waals surface area (Å²) in [6.45, 7) is 5.25. The van der Waals surface area contributed by atoms with E-state index in [1.807, 2.05) is 19.0 Å². The fourth-order valence-corrected chi connectivity index (χ4v) is 2.32. The number of aryl methyl sites for hydroxylation is 1. The Balaban J connectivity index is 2.17. The highest BCUT2D eigenvalue weighted by atomic mass is 16.5. The van der Waals surface area contributed by atoms with Crippen molar-refractivity contribution >= 4 is 23.5 Å². The monoisotopic (exact) mass is 371 g/mol. The van der Waals surface area contributed by atoms with Gasteiger partial charge in [0.1, 0.15) is 5.69 Å². The topological polar surface area (TPSA) is 96.4 Å².